The molecule has 3 rings (SSSR count). The second-order valence-corrected chi connectivity index (χ2v) is 11.0. The molecular weight excluding hydrogens is 530 g/mol. The number of fused-ring (bicyclic) bond motifs is 1. The van der Waals surface area contributed by atoms with Crippen LogP contribution in [-0.4, -0.2) is 72.3 Å². The summed E-state index contributed by atoms with van der Waals surface area (Å²) < 4.78 is 26.2. The number of hydrogen-bond donors (Lipinski definition) is 5. The predicted octanol–water partition coefficient (Wildman–Crippen LogP) is 2.46. The minimum absolute atomic E-state index is 0.0581. The number of nitrogens with two attached hydrogens (primary N) is 1. The number of benzene rings is 2. The Balaban J connectivity index is 1.58. The molecule has 2 aromatic rings. The van der Waals surface area contributed by atoms with E-state index in [4.69, 9.17) is 15.2 Å². The van der Waals surface area contributed by atoms with Crippen molar-refractivity contribution in [1.82, 2.24) is 10.0 Å². The molecule has 10 nitrogen and oxygen atoms in total. The lowest BCUT2D eigenvalue weighted by molar-refractivity contribution is -0.240. The van der Waals surface area contributed by atoms with E-state index in [9.17, 15) is 19.7 Å². The van der Waals surface area contributed by atoms with Crippen molar-refractivity contribution in [3.8, 4) is 6.07 Å². The van der Waals surface area contributed by atoms with Crippen molar-refractivity contribution >= 4 is 33.5 Å². The molecule has 0 spiro atoms. The molecule has 1 fully saturated rings. The molecule has 2 aromatic carbocycles. The molecule has 40 heavy (non-hydrogen) atoms. The topological polar surface area (TPSA) is 153 Å². The summed E-state index contributed by atoms with van der Waals surface area (Å²) in [5.41, 5.74) is 8.31. The molecule has 0 bridgehead atoms. The van der Waals surface area contributed by atoms with Crippen molar-refractivity contribution < 1.29 is 23.9 Å². The third-order valence-electron chi connectivity index (χ3n) is 6.62. The second kappa shape index (κ2) is 15.7. The minimum atomic E-state index is -1.77. The summed E-state index contributed by atoms with van der Waals surface area (Å²) in [4.78, 5) is 2.46. The number of aliphatic hydroxyl groups excluding tert-OH is 2. The van der Waals surface area contributed by atoms with Gasteiger partial charge in [-0.15, -0.1) is 0 Å². The van der Waals surface area contributed by atoms with Gasteiger partial charge in [-0.05, 0) is 53.5 Å². The summed E-state index contributed by atoms with van der Waals surface area (Å²) in [5.74, 6) is 0. The van der Waals surface area contributed by atoms with Crippen LogP contribution in [0, 0.1) is 11.3 Å². The average Bonchev–Trinajstić information content (AvgIpc) is 2.96. The van der Waals surface area contributed by atoms with Crippen molar-refractivity contribution in [2.24, 2.45) is 5.73 Å². The molecule has 0 amide bonds. The van der Waals surface area contributed by atoms with Crippen LogP contribution >= 0.6 is 0 Å². The number of hydrogen-bond acceptors (Lipinski definition) is 9. The largest absolute Gasteiger partial charge is 0.400 e. The van der Waals surface area contributed by atoms with Crippen molar-refractivity contribution in [2.45, 2.75) is 57.7 Å². The van der Waals surface area contributed by atoms with Gasteiger partial charge >= 0.3 is 0 Å². The highest BCUT2D eigenvalue weighted by atomic mass is 32.2. The average molecular weight is 572 g/mol. The van der Waals surface area contributed by atoms with Gasteiger partial charge in [0.2, 0.25) is 0 Å². The molecule has 1 aliphatic heterocycles. The summed E-state index contributed by atoms with van der Waals surface area (Å²) in [6.07, 6.45) is 2.16. The van der Waals surface area contributed by atoms with E-state index in [0.717, 1.165) is 42.3 Å². The van der Waals surface area contributed by atoms with Gasteiger partial charge in [-0.1, -0.05) is 32.0 Å². The van der Waals surface area contributed by atoms with Gasteiger partial charge in [0.15, 0.2) is 6.29 Å². The first-order valence-corrected chi connectivity index (χ1v) is 14.7. The lowest BCUT2D eigenvalue weighted by atomic mass is 10.0. The van der Waals surface area contributed by atoms with E-state index < -0.39 is 35.6 Å². The van der Waals surface area contributed by atoms with Crippen molar-refractivity contribution in [2.75, 3.05) is 38.2 Å². The van der Waals surface area contributed by atoms with Gasteiger partial charge in [0.25, 0.3) is 0 Å². The Hall–Kier alpha value is -2.98. The zero-order chi connectivity index (χ0) is 29.1. The number of aliphatic hydroxyl groups is 2. The number of anilines is 1. The molecule has 0 aromatic heterocycles. The molecular formula is C29H41N5O5S. The maximum absolute atomic E-state index is 12.8. The van der Waals surface area contributed by atoms with E-state index in [1.807, 2.05) is 24.3 Å². The van der Waals surface area contributed by atoms with Crippen LogP contribution in [0.15, 0.2) is 53.2 Å². The molecule has 0 saturated carbocycles. The van der Waals surface area contributed by atoms with E-state index in [-0.39, 0.29) is 24.4 Å². The van der Waals surface area contributed by atoms with Gasteiger partial charge in [0, 0.05) is 57.3 Å². The van der Waals surface area contributed by atoms with Gasteiger partial charge in [-0.25, -0.2) is 8.93 Å². The van der Waals surface area contributed by atoms with E-state index >= 15 is 0 Å². The van der Waals surface area contributed by atoms with Crippen molar-refractivity contribution in [1.29, 1.82) is 5.26 Å². The van der Waals surface area contributed by atoms with Gasteiger partial charge in [0.05, 0.1) is 6.10 Å². The SMILES string of the molecule is CCCN(CCC)c1ccc2cc(/C=C(\C#N)S(=O)NC/C(N)=C/NCC3O[C@H](OC)CC(O)[C@@H]3O)ccc2c1. The number of nitrogens with one attached hydrogen (secondary N) is 2. The molecule has 11 heteroatoms. The van der Waals surface area contributed by atoms with Crippen LogP contribution in [0.4, 0.5) is 5.69 Å². The number of allylic oxidation sites excluding steroid dienone is 1. The van der Waals surface area contributed by atoms with E-state index in [2.05, 4.69) is 47.0 Å². The first kappa shape index (κ1) is 31.5. The van der Waals surface area contributed by atoms with Crippen molar-refractivity contribution in [3.63, 3.8) is 0 Å². The fourth-order valence-electron chi connectivity index (χ4n) is 4.55. The molecule has 0 aliphatic carbocycles. The smallest absolute Gasteiger partial charge is 0.160 e. The highest BCUT2D eigenvalue weighted by molar-refractivity contribution is 7.87. The highest BCUT2D eigenvalue weighted by Gasteiger charge is 2.36. The van der Waals surface area contributed by atoms with E-state index in [1.54, 1.807) is 6.08 Å². The van der Waals surface area contributed by atoms with Crippen molar-refractivity contribution in [3.05, 3.63) is 58.8 Å². The van der Waals surface area contributed by atoms with Gasteiger partial charge < -0.3 is 35.6 Å². The highest BCUT2D eigenvalue weighted by Crippen LogP contribution is 2.25. The summed E-state index contributed by atoms with van der Waals surface area (Å²) in [6, 6.07) is 14.3. The summed E-state index contributed by atoms with van der Waals surface area (Å²) in [7, 11) is -0.303. The Labute approximate surface area is 239 Å². The molecule has 218 valence electrons. The second-order valence-electron chi connectivity index (χ2n) is 9.75. The standard InChI is InChI=1S/C29H41N5O5S/c1-4-10-34(11-5-2)24-9-8-21-12-20(6-7-22(21)14-24)13-25(16-30)40(37)33-18-23(31)17-32-19-27-29(36)26(35)15-28(38-3)39-27/h6-9,12-14,17,26-29,32-33,35-36H,4-5,10-11,15,18-19,31H2,1-3H3/b23-17-,25-13+/t26?,27?,28-,29-,40?/m0/s1. The van der Waals surface area contributed by atoms with Crippen LogP contribution < -0.4 is 20.7 Å². The molecule has 1 heterocycles. The molecule has 5 atom stereocenters. The number of methoxy groups -OCH3 is 1. The van der Waals surface area contributed by atoms with Crippen LogP contribution in [0.25, 0.3) is 16.8 Å². The molecule has 1 saturated heterocycles. The zero-order valence-electron chi connectivity index (χ0n) is 23.4. The number of ether oxygens (including phenoxy) is 2. The fourth-order valence-corrected chi connectivity index (χ4v) is 5.33. The lowest BCUT2D eigenvalue weighted by Crippen LogP contribution is -2.52. The Kier molecular flexibility index (Phi) is 12.4. The molecule has 3 unspecified atom stereocenters. The Morgan fingerprint density at radius 1 is 1.23 bits per heavy atom. The Morgan fingerprint density at radius 2 is 1.93 bits per heavy atom. The van der Waals surface area contributed by atoms with Crippen LogP contribution in [0.2, 0.25) is 0 Å². The number of nitriles is 1. The third kappa shape index (κ3) is 8.76. The summed E-state index contributed by atoms with van der Waals surface area (Å²) >= 11 is 0. The van der Waals surface area contributed by atoms with Crippen LogP contribution in [0.3, 0.4) is 0 Å². The van der Waals surface area contributed by atoms with Crippen LogP contribution in [0.1, 0.15) is 38.7 Å². The van der Waals surface area contributed by atoms with E-state index in [0.29, 0.717) is 5.70 Å². The minimum Gasteiger partial charge on any atom is -0.400 e. The maximum atomic E-state index is 12.8. The maximum Gasteiger partial charge on any atom is 0.160 e. The monoisotopic (exact) mass is 571 g/mol. The molecule has 0 radical (unpaired) electrons. The molecule has 1 aliphatic rings. The summed E-state index contributed by atoms with van der Waals surface area (Å²) in [5, 5.41) is 34.8. The lowest BCUT2D eigenvalue weighted by Gasteiger charge is -2.36. The van der Waals surface area contributed by atoms with Gasteiger partial charge in [0.1, 0.15) is 34.2 Å². The Morgan fingerprint density at radius 3 is 2.60 bits per heavy atom. The third-order valence-corrected chi connectivity index (χ3v) is 7.64. The van der Waals surface area contributed by atoms with E-state index in [1.165, 1.54) is 19.0 Å². The summed E-state index contributed by atoms with van der Waals surface area (Å²) in [6.45, 7) is 6.62. The van der Waals surface area contributed by atoms with Gasteiger partial charge in [-0.2, -0.15) is 5.26 Å². The normalized spacial score (nSPS) is 22.6. The molecule has 6 N–H and O–H groups in total. The Bertz CT molecular complexity index is 1240. The van der Waals surface area contributed by atoms with Gasteiger partial charge in [-0.3, -0.25) is 0 Å². The first-order chi connectivity index (χ1) is 19.3. The zero-order valence-corrected chi connectivity index (χ0v) is 24.2. The fraction of sp³-hybridized carbons (Fsp3) is 0.483. The number of rotatable bonds is 14. The predicted molar refractivity (Wildman–Crippen MR) is 159 cm³/mol. The van der Waals surface area contributed by atoms with Crippen LogP contribution in [0.5, 0.6) is 0 Å². The quantitative estimate of drug-likeness (QED) is 0.215. The first-order valence-electron chi connectivity index (χ1n) is 13.6. The number of nitrogens with zero attached hydrogens (tertiary/aromatic N) is 2. The van der Waals surface area contributed by atoms with Crippen LogP contribution in [-0.2, 0) is 20.5 Å².